The van der Waals surface area contributed by atoms with E-state index in [4.69, 9.17) is 11.6 Å². The molecule has 3 rings (SSSR count). The number of hydrogen-bond acceptors (Lipinski definition) is 3. The van der Waals surface area contributed by atoms with E-state index in [1.807, 2.05) is 24.3 Å². The summed E-state index contributed by atoms with van der Waals surface area (Å²) in [6.45, 7) is 0. The Hall–Kier alpha value is -1.19. The van der Waals surface area contributed by atoms with E-state index in [1.165, 1.54) is 4.90 Å². The van der Waals surface area contributed by atoms with Gasteiger partial charge in [0, 0.05) is 16.1 Å². The van der Waals surface area contributed by atoms with E-state index >= 15 is 0 Å². The van der Waals surface area contributed by atoms with Crippen molar-refractivity contribution in [1.82, 2.24) is 4.98 Å². The molecule has 2 nitrogen and oxygen atoms in total. The third-order valence-electron chi connectivity index (χ3n) is 2.19. The molecule has 2 heterocycles. The molecule has 15 heavy (non-hydrogen) atoms. The molecule has 1 aromatic carbocycles. The Balaban J connectivity index is 2.11. The Kier molecular flexibility index (Phi) is 2.08. The van der Waals surface area contributed by atoms with Gasteiger partial charge in [-0.3, -0.25) is 0 Å². The summed E-state index contributed by atoms with van der Waals surface area (Å²) in [7, 11) is 0. The quantitative estimate of drug-likeness (QED) is 0.638. The summed E-state index contributed by atoms with van der Waals surface area (Å²) in [4.78, 5) is 6.60. The normalized spacial score (nSPS) is 12.6. The van der Waals surface area contributed by atoms with Crippen LogP contribution >= 0.6 is 23.4 Å². The summed E-state index contributed by atoms with van der Waals surface area (Å²) >= 11 is 7.64. The van der Waals surface area contributed by atoms with E-state index in [1.54, 1.807) is 18.0 Å². The fraction of sp³-hybridized carbons (Fsp3) is 0. The summed E-state index contributed by atoms with van der Waals surface area (Å²) in [5.74, 6) is 0.900. The van der Waals surface area contributed by atoms with Crippen molar-refractivity contribution >= 4 is 34.9 Å². The zero-order valence-electron chi connectivity index (χ0n) is 7.70. The second-order valence-electron chi connectivity index (χ2n) is 3.22. The third kappa shape index (κ3) is 1.58. The Morgan fingerprint density at radius 1 is 1.20 bits per heavy atom. The minimum Gasteiger partial charge on any atom is -0.338 e. The van der Waals surface area contributed by atoms with Crippen molar-refractivity contribution < 1.29 is 0 Å². The number of nitrogens with one attached hydrogen (secondary N) is 1. The topological polar surface area (TPSA) is 24.9 Å². The van der Waals surface area contributed by atoms with Gasteiger partial charge in [0.05, 0.1) is 10.6 Å². The first kappa shape index (κ1) is 9.07. The molecule has 2 aromatic rings. The minimum absolute atomic E-state index is 0.737. The molecule has 0 aliphatic carbocycles. The van der Waals surface area contributed by atoms with E-state index in [-0.39, 0.29) is 0 Å². The third-order valence-corrected chi connectivity index (χ3v) is 3.55. The van der Waals surface area contributed by atoms with Gasteiger partial charge in [-0.1, -0.05) is 23.4 Å². The van der Waals surface area contributed by atoms with Crippen molar-refractivity contribution in [3.63, 3.8) is 0 Å². The molecule has 74 valence electrons. The lowest BCUT2D eigenvalue weighted by Gasteiger charge is -2.19. The van der Waals surface area contributed by atoms with Crippen LogP contribution in [0.25, 0.3) is 0 Å². The summed E-state index contributed by atoms with van der Waals surface area (Å²) in [6.07, 6.45) is 1.78. The van der Waals surface area contributed by atoms with Gasteiger partial charge in [0.15, 0.2) is 0 Å². The van der Waals surface area contributed by atoms with Crippen LogP contribution in [0.3, 0.4) is 0 Å². The summed E-state index contributed by atoms with van der Waals surface area (Å²) in [6, 6.07) is 9.83. The Morgan fingerprint density at radius 2 is 2.13 bits per heavy atom. The average Bonchev–Trinajstić information content (AvgIpc) is 2.26. The summed E-state index contributed by atoms with van der Waals surface area (Å²) in [5.41, 5.74) is 1.03. The molecule has 1 aliphatic rings. The number of rotatable bonds is 0. The first-order valence-electron chi connectivity index (χ1n) is 4.52. The molecule has 4 heteroatoms. The summed E-state index contributed by atoms with van der Waals surface area (Å²) < 4.78 is 0. The van der Waals surface area contributed by atoms with Crippen LogP contribution < -0.4 is 5.32 Å². The number of pyridine rings is 1. The van der Waals surface area contributed by atoms with Crippen molar-refractivity contribution in [3.8, 4) is 0 Å². The minimum atomic E-state index is 0.737. The van der Waals surface area contributed by atoms with Crippen LogP contribution in [0, 0.1) is 0 Å². The average molecular weight is 235 g/mol. The molecular weight excluding hydrogens is 228 g/mol. The molecule has 1 aliphatic heterocycles. The lowest BCUT2D eigenvalue weighted by Crippen LogP contribution is -2.01. The highest BCUT2D eigenvalue weighted by molar-refractivity contribution is 7.99. The van der Waals surface area contributed by atoms with Gasteiger partial charge in [0.2, 0.25) is 0 Å². The molecule has 0 fully saturated rings. The second-order valence-corrected chi connectivity index (χ2v) is 4.74. The van der Waals surface area contributed by atoms with Crippen molar-refractivity contribution in [2.75, 3.05) is 5.32 Å². The van der Waals surface area contributed by atoms with Gasteiger partial charge < -0.3 is 5.32 Å². The van der Waals surface area contributed by atoms with Gasteiger partial charge in [0.1, 0.15) is 5.82 Å². The first-order chi connectivity index (χ1) is 7.33. The molecule has 0 atom stereocenters. The lowest BCUT2D eigenvalue weighted by molar-refractivity contribution is 1.19. The Bertz CT molecular complexity index is 528. The fourth-order valence-corrected chi connectivity index (χ4v) is 2.61. The van der Waals surface area contributed by atoms with Gasteiger partial charge in [-0.2, -0.15) is 0 Å². The molecule has 0 saturated heterocycles. The van der Waals surface area contributed by atoms with Crippen molar-refractivity contribution in [2.24, 2.45) is 0 Å². The SMILES string of the molecule is Clc1ccc2c(c1)Nc1ncccc1S2. The standard InChI is InChI=1S/C11H7ClN2S/c12-7-3-4-9-8(6-7)14-11-10(15-9)2-1-5-13-11/h1-6H,(H,13,14). The van der Waals surface area contributed by atoms with Gasteiger partial charge >= 0.3 is 0 Å². The monoisotopic (exact) mass is 234 g/mol. The predicted molar refractivity (Wildman–Crippen MR) is 63.1 cm³/mol. The number of fused-ring (bicyclic) bond motifs is 2. The molecule has 0 saturated carbocycles. The number of benzene rings is 1. The number of aromatic nitrogens is 1. The van der Waals surface area contributed by atoms with Crippen LogP contribution in [0.5, 0.6) is 0 Å². The largest absolute Gasteiger partial charge is 0.338 e. The van der Waals surface area contributed by atoms with Crippen molar-refractivity contribution in [3.05, 3.63) is 41.6 Å². The van der Waals surface area contributed by atoms with E-state index in [0.717, 1.165) is 21.4 Å². The molecule has 0 bridgehead atoms. The first-order valence-corrected chi connectivity index (χ1v) is 5.72. The van der Waals surface area contributed by atoms with Crippen LogP contribution in [0.4, 0.5) is 11.5 Å². The number of halogens is 1. The zero-order valence-corrected chi connectivity index (χ0v) is 9.27. The molecule has 1 aromatic heterocycles. The highest BCUT2D eigenvalue weighted by Crippen LogP contribution is 2.43. The van der Waals surface area contributed by atoms with Gasteiger partial charge in [-0.25, -0.2) is 4.98 Å². The summed E-state index contributed by atoms with van der Waals surface area (Å²) in [5, 5.41) is 4.00. The maximum absolute atomic E-state index is 5.93. The lowest BCUT2D eigenvalue weighted by atomic mass is 10.3. The van der Waals surface area contributed by atoms with Crippen LogP contribution in [0.15, 0.2) is 46.3 Å². The molecule has 0 spiro atoms. The molecule has 0 radical (unpaired) electrons. The highest BCUT2D eigenvalue weighted by Gasteiger charge is 2.15. The molecule has 0 unspecified atom stereocenters. The highest BCUT2D eigenvalue weighted by atomic mass is 35.5. The van der Waals surface area contributed by atoms with Crippen molar-refractivity contribution in [1.29, 1.82) is 0 Å². The van der Waals surface area contributed by atoms with Crippen LogP contribution in [0.1, 0.15) is 0 Å². The van der Waals surface area contributed by atoms with Gasteiger partial charge in [-0.15, -0.1) is 0 Å². The van der Waals surface area contributed by atoms with E-state index in [2.05, 4.69) is 16.4 Å². The zero-order chi connectivity index (χ0) is 10.3. The fourth-order valence-electron chi connectivity index (χ4n) is 1.50. The van der Waals surface area contributed by atoms with Crippen LogP contribution in [-0.4, -0.2) is 4.98 Å². The van der Waals surface area contributed by atoms with E-state index in [0.29, 0.717) is 0 Å². The van der Waals surface area contributed by atoms with Crippen molar-refractivity contribution in [2.45, 2.75) is 9.79 Å². The molecule has 1 N–H and O–H groups in total. The number of hydrogen-bond donors (Lipinski definition) is 1. The molecular formula is C11H7ClN2S. The predicted octanol–water partition coefficient (Wildman–Crippen LogP) is 3.94. The van der Waals surface area contributed by atoms with E-state index in [9.17, 15) is 0 Å². The van der Waals surface area contributed by atoms with Gasteiger partial charge in [-0.05, 0) is 30.3 Å². The second kappa shape index (κ2) is 3.43. The Labute approximate surface area is 96.7 Å². The maximum atomic E-state index is 5.93. The van der Waals surface area contributed by atoms with Gasteiger partial charge in [0.25, 0.3) is 0 Å². The Morgan fingerprint density at radius 3 is 3.07 bits per heavy atom. The van der Waals surface area contributed by atoms with E-state index < -0.39 is 0 Å². The maximum Gasteiger partial charge on any atom is 0.144 e. The number of anilines is 2. The molecule has 0 amide bonds. The van der Waals surface area contributed by atoms with Crippen LogP contribution in [0.2, 0.25) is 5.02 Å². The smallest absolute Gasteiger partial charge is 0.144 e. The van der Waals surface area contributed by atoms with Crippen LogP contribution in [-0.2, 0) is 0 Å². The number of nitrogens with zero attached hydrogens (tertiary/aromatic N) is 1.